The molecule has 0 radical (unpaired) electrons. The molecule has 0 aromatic carbocycles. The Kier molecular flexibility index (Phi) is 6.13. The predicted molar refractivity (Wildman–Crippen MR) is 75.8 cm³/mol. The molecule has 0 unspecified atom stereocenters. The quantitative estimate of drug-likeness (QED) is 0.753. The number of rotatable bonds is 7. The molecule has 0 saturated carbocycles. The molecule has 0 aliphatic rings. The van der Waals surface area contributed by atoms with Crippen LogP contribution in [0.25, 0.3) is 0 Å². The average Bonchev–Trinajstić information content (AvgIpc) is 2.30. The maximum atomic E-state index is 5.68. The highest BCUT2D eigenvalue weighted by Gasteiger charge is 2.09. The van der Waals surface area contributed by atoms with Crippen LogP contribution in [0.4, 0.5) is 0 Å². The largest absolute Gasteiger partial charge is 0.492 e. The lowest BCUT2D eigenvalue weighted by Crippen LogP contribution is -2.14. The third-order valence-corrected chi connectivity index (χ3v) is 2.65. The van der Waals surface area contributed by atoms with E-state index in [2.05, 4.69) is 38.0 Å². The van der Waals surface area contributed by atoms with E-state index in [4.69, 9.17) is 4.74 Å². The zero-order chi connectivity index (χ0) is 13.4. The molecule has 1 N–H and O–H groups in total. The minimum absolute atomic E-state index is 0.317. The fourth-order valence-electron chi connectivity index (χ4n) is 1.47. The number of ether oxygens (including phenoxy) is 1. The number of hydrogen-bond donors (Lipinski definition) is 1. The summed E-state index contributed by atoms with van der Waals surface area (Å²) in [5.74, 6) is 0.860. The first kappa shape index (κ1) is 15.0. The van der Waals surface area contributed by atoms with Crippen LogP contribution in [0.2, 0.25) is 0 Å². The summed E-state index contributed by atoms with van der Waals surface area (Å²) in [6.45, 7) is 11.4. The van der Waals surface area contributed by atoms with Crippen molar-refractivity contribution < 1.29 is 4.74 Å². The molecular weight excluding hydrogens is 224 g/mol. The van der Waals surface area contributed by atoms with Gasteiger partial charge in [0.05, 0.1) is 18.5 Å². The number of hydrogen-bond acceptors (Lipinski definition) is 3. The van der Waals surface area contributed by atoms with Crippen LogP contribution < -0.4 is 10.1 Å². The van der Waals surface area contributed by atoms with E-state index in [1.807, 2.05) is 18.3 Å². The molecule has 1 aromatic rings. The second-order valence-electron chi connectivity index (χ2n) is 5.82. The molecule has 102 valence electrons. The number of aromatic nitrogens is 1. The summed E-state index contributed by atoms with van der Waals surface area (Å²) in [6, 6.07) is 4.02. The van der Waals surface area contributed by atoms with Gasteiger partial charge in [-0.15, -0.1) is 0 Å². The molecule has 0 saturated heterocycles. The lowest BCUT2D eigenvalue weighted by atomic mass is 9.93. The van der Waals surface area contributed by atoms with Crippen molar-refractivity contribution in [1.29, 1.82) is 0 Å². The van der Waals surface area contributed by atoms with Crippen molar-refractivity contribution in [3.8, 4) is 5.75 Å². The van der Waals surface area contributed by atoms with Crippen molar-refractivity contribution in [2.75, 3.05) is 13.2 Å². The standard InChI is InChI=1S/C15H26N2O/c1-5-9-16-11-13-6-7-14(12-17-13)18-10-8-15(2,3)4/h6-7,12,16H,5,8-11H2,1-4H3. The van der Waals surface area contributed by atoms with Crippen molar-refractivity contribution in [3.05, 3.63) is 24.0 Å². The lowest BCUT2D eigenvalue weighted by Gasteiger charge is -2.18. The summed E-state index contributed by atoms with van der Waals surface area (Å²) in [7, 11) is 0. The first-order valence-electron chi connectivity index (χ1n) is 6.80. The molecule has 0 bridgehead atoms. The van der Waals surface area contributed by atoms with Crippen LogP contribution in [-0.2, 0) is 6.54 Å². The van der Waals surface area contributed by atoms with Gasteiger partial charge in [0.1, 0.15) is 5.75 Å². The molecule has 0 fully saturated rings. The van der Waals surface area contributed by atoms with Crippen molar-refractivity contribution in [1.82, 2.24) is 10.3 Å². The lowest BCUT2D eigenvalue weighted by molar-refractivity contribution is 0.242. The summed E-state index contributed by atoms with van der Waals surface area (Å²) in [6.07, 6.45) is 4.01. The Morgan fingerprint density at radius 1 is 1.28 bits per heavy atom. The molecule has 1 heterocycles. The SMILES string of the molecule is CCCNCc1ccc(OCCC(C)(C)C)cn1. The van der Waals surface area contributed by atoms with Gasteiger partial charge in [-0.05, 0) is 36.9 Å². The van der Waals surface area contributed by atoms with Crippen molar-refractivity contribution >= 4 is 0 Å². The molecule has 0 amide bonds. The van der Waals surface area contributed by atoms with Gasteiger partial charge in [-0.25, -0.2) is 0 Å². The summed E-state index contributed by atoms with van der Waals surface area (Å²) >= 11 is 0. The Hall–Kier alpha value is -1.09. The summed E-state index contributed by atoms with van der Waals surface area (Å²) in [5, 5.41) is 3.33. The normalized spacial score (nSPS) is 11.6. The maximum absolute atomic E-state index is 5.68. The number of pyridine rings is 1. The van der Waals surface area contributed by atoms with Gasteiger partial charge in [-0.3, -0.25) is 4.98 Å². The Balaban J connectivity index is 2.31. The topological polar surface area (TPSA) is 34.1 Å². The predicted octanol–water partition coefficient (Wildman–Crippen LogP) is 3.40. The minimum atomic E-state index is 0.317. The summed E-state index contributed by atoms with van der Waals surface area (Å²) in [4.78, 5) is 4.38. The zero-order valence-electron chi connectivity index (χ0n) is 12.1. The van der Waals surface area contributed by atoms with Crippen LogP contribution in [0.15, 0.2) is 18.3 Å². The van der Waals surface area contributed by atoms with Gasteiger partial charge < -0.3 is 10.1 Å². The average molecular weight is 250 g/mol. The minimum Gasteiger partial charge on any atom is -0.492 e. The van der Waals surface area contributed by atoms with Crippen LogP contribution in [0, 0.1) is 5.41 Å². The highest BCUT2D eigenvalue weighted by molar-refractivity contribution is 5.19. The molecule has 0 aliphatic carbocycles. The van der Waals surface area contributed by atoms with Crippen molar-refractivity contribution in [2.24, 2.45) is 5.41 Å². The Morgan fingerprint density at radius 3 is 2.61 bits per heavy atom. The van der Waals surface area contributed by atoms with Crippen LogP contribution in [-0.4, -0.2) is 18.1 Å². The van der Waals surface area contributed by atoms with Crippen molar-refractivity contribution in [2.45, 2.75) is 47.1 Å². The second kappa shape index (κ2) is 7.37. The van der Waals surface area contributed by atoms with Gasteiger partial charge in [0.25, 0.3) is 0 Å². The highest BCUT2D eigenvalue weighted by atomic mass is 16.5. The van der Waals surface area contributed by atoms with E-state index in [1.54, 1.807) is 0 Å². The molecule has 0 spiro atoms. The molecule has 1 aromatic heterocycles. The van der Waals surface area contributed by atoms with E-state index in [9.17, 15) is 0 Å². The van der Waals surface area contributed by atoms with Crippen LogP contribution in [0.1, 0.15) is 46.2 Å². The first-order valence-corrected chi connectivity index (χ1v) is 6.80. The van der Waals surface area contributed by atoms with Gasteiger partial charge >= 0.3 is 0 Å². The van der Waals surface area contributed by atoms with Gasteiger partial charge in [-0.2, -0.15) is 0 Å². The molecule has 18 heavy (non-hydrogen) atoms. The molecule has 0 atom stereocenters. The summed E-state index contributed by atoms with van der Waals surface area (Å²) < 4.78 is 5.68. The molecule has 3 nitrogen and oxygen atoms in total. The first-order chi connectivity index (χ1) is 8.51. The maximum Gasteiger partial charge on any atom is 0.137 e. The third kappa shape index (κ3) is 6.60. The summed E-state index contributed by atoms with van der Waals surface area (Å²) in [5.41, 5.74) is 1.38. The molecule has 3 heteroatoms. The Bertz CT molecular complexity index is 327. The van der Waals surface area contributed by atoms with E-state index in [0.29, 0.717) is 5.41 Å². The monoisotopic (exact) mass is 250 g/mol. The van der Waals surface area contributed by atoms with Crippen LogP contribution in [0.5, 0.6) is 5.75 Å². The Labute approximate surface area is 111 Å². The fraction of sp³-hybridized carbons (Fsp3) is 0.667. The van der Waals surface area contributed by atoms with E-state index < -0.39 is 0 Å². The van der Waals surface area contributed by atoms with Gasteiger partial charge in [0.15, 0.2) is 0 Å². The highest BCUT2D eigenvalue weighted by Crippen LogP contribution is 2.19. The van der Waals surface area contributed by atoms with E-state index in [1.165, 1.54) is 0 Å². The van der Waals surface area contributed by atoms with Crippen LogP contribution in [0.3, 0.4) is 0 Å². The fourth-order valence-corrected chi connectivity index (χ4v) is 1.47. The number of nitrogens with zero attached hydrogens (tertiary/aromatic N) is 1. The van der Waals surface area contributed by atoms with Gasteiger partial charge in [0, 0.05) is 6.54 Å². The van der Waals surface area contributed by atoms with E-state index >= 15 is 0 Å². The molecule has 1 rings (SSSR count). The van der Waals surface area contributed by atoms with E-state index in [-0.39, 0.29) is 0 Å². The third-order valence-electron chi connectivity index (χ3n) is 2.65. The van der Waals surface area contributed by atoms with Crippen LogP contribution >= 0.6 is 0 Å². The second-order valence-corrected chi connectivity index (χ2v) is 5.82. The van der Waals surface area contributed by atoms with Gasteiger partial charge in [0.2, 0.25) is 0 Å². The Morgan fingerprint density at radius 2 is 2.06 bits per heavy atom. The van der Waals surface area contributed by atoms with Gasteiger partial charge in [-0.1, -0.05) is 27.7 Å². The smallest absolute Gasteiger partial charge is 0.137 e. The van der Waals surface area contributed by atoms with Crippen molar-refractivity contribution in [3.63, 3.8) is 0 Å². The number of nitrogens with one attached hydrogen (secondary N) is 1. The zero-order valence-corrected chi connectivity index (χ0v) is 12.1. The molecular formula is C15H26N2O. The molecule has 0 aliphatic heterocycles. The van der Waals surface area contributed by atoms with E-state index in [0.717, 1.165) is 44.0 Å².